The second-order valence-electron chi connectivity index (χ2n) is 5.73. The van der Waals surface area contributed by atoms with E-state index in [1.54, 1.807) is 0 Å². The van der Waals surface area contributed by atoms with Crippen molar-refractivity contribution in [1.82, 2.24) is 5.32 Å². The molecule has 0 saturated carbocycles. The van der Waals surface area contributed by atoms with Crippen molar-refractivity contribution in [3.63, 3.8) is 0 Å². The monoisotopic (exact) mass is 322 g/mol. The molecule has 0 rings (SSSR count). The smallest absolute Gasteiger partial charge is 0.267 e. The van der Waals surface area contributed by atoms with Crippen molar-refractivity contribution in [2.45, 2.75) is 65.0 Å². The third-order valence-corrected chi connectivity index (χ3v) is 4.39. The fraction of sp³-hybridized carbons (Fsp3) is 0.786. The van der Waals surface area contributed by atoms with Gasteiger partial charge in [-0.2, -0.15) is 8.42 Å². The van der Waals surface area contributed by atoms with Crippen molar-refractivity contribution in [2.75, 3.05) is 5.75 Å². The molecule has 0 aliphatic rings. The Morgan fingerprint density at radius 2 is 1.62 bits per heavy atom. The van der Waals surface area contributed by atoms with Gasteiger partial charge in [-0.25, -0.2) is 0 Å². The summed E-state index contributed by atoms with van der Waals surface area (Å²) in [6.07, 6.45) is 4.33. The average molecular weight is 322 g/mol. The number of nitrogens with two attached hydrogens (primary N) is 1. The molecule has 0 aromatic heterocycles. The second-order valence-corrected chi connectivity index (χ2v) is 7.18. The average Bonchev–Trinajstić information content (AvgIpc) is 2.35. The van der Waals surface area contributed by atoms with Gasteiger partial charge in [0.05, 0.1) is 11.3 Å². The van der Waals surface area contributed by atoms with Crippen molar-refractivity contribution >= 4 is 16.0 Å². The molecular formula is C14H30N2O4S. The molecule has 1 amide bonds. The van der Waals surface area contributed by atoms with E-state index in [2.05, 4.69) is 32.7 Å². The molecule has 7 heteroatoms. The van der Waals surface area contributed by atoms with Crippen molar-refractivity contribution in [3.05, 3.63) is 12.7 Å². The predicted molar refractivity (Wildman–Crippen MR) is 86.6 cm³/mol. The molecule has 6 nitrogen and oxygen atoms in total. The van der Waals surface area contributed by atoms with Crippen LogP contribution in [-0.2, 0) is 14.9 Å². The molecule has 0 aromatic carbocycles. The highest BCUT2D eigenvalue weighted by Crippen LogP contribution is 2.14. The molecule has 0 aliphatic carbocycles. The standard InChI is InChI=1S/C7H13NO4S.C7H17N/c1-4-6(9)8-7(2,3)5-13(10,11)12;1-4-7(8,5-2)6-3/h4H,1,5H2,2-3H3,(H,8,9)(H,10,11,12);4-6,8H2,1-3H3. The highest BCUT2D eigenvalue weighted by Gasteiger charge is 2.25. The normalized spacial score (nSPS) is 12.1. The third kappa shape index (κ3) is 12.5. The molecule has 0 fully saturated rings. The lowest BCUT2D eigenvalue weighted by Crippen LogP contribution is -2.47. The zero-order valence-electron chi connectivity index (χ0n) is 13.8. The number of carbonyl (C=O) groups is 1. The molecule has 21 heavy (non-hydrogen) atoms. The predicted octanol–water partition coefficient (Wildman–Crippen LogP) is 1.87. The van der Waals surface area contributed by atoms with E-state index in [9.17, 15) is 13.2 Å². The highest BCUT2D eigenvalue weighted by molar-refractivity contribution is 7.85. The van der Waals surface area contributed by atoms with Gasteiger partial charge >= 0.3 is 0 Å². The Balaban J connectivity index is 0. The Kier molecular flexibility index (Phi) is 9.76. The summed E-state index contributed by atoms with van der Waals surface area (Å²) in [6.45, 7) is 12.6. The molecule has 0 unspecified atom stereocenters. The molecule has 0 aliphatic heterocycles. The lowest BCUT2D eigenvalue weighted by molar-refractivity contribution is -0.117. The van der Waals surface area contributed by atoms with Crippen molar-refractivity contribution < 1.29 is 17.8 Å². The van der Waals surface area contributed by atoms with E-state index in [0.29, 0.717) is 0 Å². The molecule has 0 radical (unpaired) electrons. The first-order valence-corrected chi connectivity index (χ1v) is 8.64. The van der Waals surface area contributed by atoms with Crippen LogP contribution >= 0.6 is 0 Å². The quantitative estimate of drug-likeness (QED) is 0.489. The van der Waals surface area contributed by atoms with Gasteiger partial charge in [0.15, 0.2) is 0 Å². The largest absolute Gasteiger partial charge is 0.347 e. The zero-order valence-corrected chi connectivity index (χ0v) is 14.6. The maximum atomic E-state index is 10.8. The van der Waals surface area contributed by atoms with Gasteiger partial charge in [-0.1, -0.05) is 27.4 Å². The van der Waals surface area contributed by atoms with Crippen molar-refractivity contribution in [3.8, 4) is 0 Å². The molecule has 4 N–H and O–H groups in total. The second kappa shape index (κ2) is 9.17. The minimum atomic E-state index is -4.08. The van der Waals surface area contributed by atoms with Gasteiger partial charge in [-0.15, -0.1) is 0 Å². The number of carbonyl (C=O) groups excluding carboxylic acids is 1. The van der Waals surface area contributed by atoms with Crippen LogP contribution in [0.3, 0.4) is 0 Å². The number of hydrogen-bond acceptors (Lipinski definition) is 4. The summed E-state index contributed by atoms with van der Waals surface area (Å²) in [5.41, 5.74) is 5.02. The first-order valence-electron chi connectivity index (χ1n) is 7.03. The van der Waals surface area contributed by atoms with Crippen LogP contribution in [0.4, 0.5) is 0 Å². The molecule has 0 spiro atoms. The first-order chi connectivity index (χ1) is 9.34. The minimum Gasteiger partial charge on any atom is -0.347 e. The van der Waals surface area contributed by atoms with Crippen LogP contribution in [0.1, 0.15) is 53.9 Å². The Hall–Kier alpha value is -0.920. The Morgan fingerprint density at radius 3 is 1.81 bits per heavy atom. The van der Waals surface area contributed by atoms with Gasteiger partial charge in [0, 0.05) is 5.54 Å². The molecule has 0 atom stereocenters. The summed E-state index contributed by atoms with van der Waals surface area (Å²) in [5, 5.41) is 2.37. The van der Waals surface area contributed by atoms with Crippen LogP contribution in [0.25, 0.3) is 0 Å². The molecule has 0 aromatic rings. The molecule has 0 saturated heterocycles. The van der Waals surface area contributed by atoms with Crippen LogP contribution in [0.15, 0.2) is 12.7 Å². The SMILES string of the molecule is C=CC(=O)NC(C)(C)CS(=O)(=O)O.CCC(N)(CC)CC. The fourth-order valence-corrected chi connectivity index (χ4v) is 2.61. The summed E-state index contributed by atoms with van der Waals surface area (Å²) >= 11 is 0. The summed E-state index contributed by atoms with van der Waals surface area (Å²) in [5.74, 6) is -1.01. The molecule has 126 valence electrons. The van der Waals surface area contributed by atoms with E-state index in [4.69, 9.17) is 10.3 Å². The van der Waals surface area contributed by atoms with Gasteiger partial charge in [0.1, 0.15) is 0 Å². The number of hydrogen-bond donors (Lipinski definition) is 3. The summed E-state index contributed by atoms with van der Waals surface area (Å²) in [7, 11) is -4.08. The lowest BCUT2D eigenvalue weighted by Gasteiger charge is -2.23. The Morgan fingerprint density at radius 1 is 1.24 bits per heavy atom. The van der Waals surface area contributed by atoms with E-state index in [0.717, 1.165) is 25.3 Å². The van der Waals surface area contributed by atoms with Crippen LogP contribution in [0, 0.1) is 0 Å². The van der Waals surface area contributed by atoms with E-state index < -0.39 is 27.3 Å². The van der Waals surface area contributed by atoms with Crippen LogP contribution < -0.4 is 11.1 Å². The van der Waals surface area contributed by atoms with Gasteiger partial charge < -0.3 is 11.1 Å². The van der Waals surface area contributed by atoms with E-state index in [1.165, 1.54) is 13.8 Å². The topological polar surface area (TPSA) is 109 Å². The maximum Gasteiger partial charge on any atom is 0.267 e. The summed E-state index contributed by atoms with van der Waals surface area (Å²) < 4.78 is 29.5. The Labute approximate surface area is 128 Å². The maximum absolute atomic E-state index is 10.8. The van der Waals surface area contributed by atoms with Crippen LogP contribution in [-0.4, -0.2) is 35.7 Å². The number of amides is 1. The van der Waals surface area contributed by atoms with Gasteiger partial charge in [0.2, 0.25) is 5.91 Å². The summed E-state index contributed by atoms with van der Waals surface area (Å²) in [6, 6.07) is 0. The molecular weight excluding hydrogens is 292 g/mol. The zero-order chi connectivity index (χ0) is 17.3. The van der Waals surface area contributed by atoms with Crippen molar-refractivity contribution in [2.24, 2.45) is 5.73 Å². The fourth-order valence-electron chi connectivity index (χ4n) is 1.63. The van der Waals surface area contributed by atoms with Gasteiger partial charge in [-0.05, 0) is 39.2 Å². The lowest BCUT2D eigenvalue weighted by atomic mass is 9.92. The number of rotatable bonds is 7. The minimum absolute atomic E-state index is 0.125. The summed E-state index contributed by atoms with van der Waals surface area (Å²) in [4.78, 5) is 10.8. The van der Waals surface area contributed by atoms with Gasteiger partial charge in [-0.3, -0.25) is 9.35 Å². The molecule has 0 bridgehead atoms. The van der Waals surface area contributed by atoms with Crippen LogP contribution in [0.5, 0.6) is 0 Å². The molecule has 0 heterocycles. The third-order valence-electron chi connectivity index (χ3n) is 3.30. The number of nitrogens with one attached hydrogen (secondary N) is 1. The van der Waals surface area contributed by atoms with E-state index >= 15 is 0 Å². The highest BCUT2D eigenvalue weighted by atomic mass is 32.2. The van der Waals surface area contributed by atoms with Crippen LogP contribution in [0.2, 0.25) is 0 Å². The van der Waals surface area contributed by atoms with Gasteiger partial charge in [0.25, 0.3) is 10.1 Å². The van der Waals surface area contributed by atoms with E-state index in [-0.39, 0.29) is 5.54 Å². The Bertz CT molecular complexity index is 418. The van der Waals surface area contributed by atoms with E-state index in [1.807, 2.05) is 0 Å². The first kappa shape index (κ1) is 22.4. The van der Waals surface area contributed by atoms with Crippen molar-refractivity contribution in [1.29, 1.82) is 0 Å².